The van der Waals surface area contributed by atoms with Crippen molar-refractivity contribution in [3.8, 4) is 0 Å². The number of aryl methyl sites for hydroxylation is 2. The van der Waals surface area contributed by atoms with Gasteiger partial charge in [-0.05, 0) is 43.7 Å². The third-order valence-electron chi connectivity index (χ3n) is 4.43. The van der Waals surface area contributed by atoms with Crippen molar-refractivity contribution >= 4 is 27.0 Å². The van der Waals surface area contributed by atoms with Crippen LogP contribution in [-0.4, -0.2) is 37.0 Å². The normalized spacial score (nSPS) is 11.6. The first-order valence-electron chi connectivity index (χ1n) is 9.22. The predicted molar refractivity (Wildman–Crippen MR) is 109 cm³/mol. The first-order valence-corrected chi connectivity index (χ1v) is 10.7. The summed E-state index contributed by atoms with van der Waals surface area (Å²) in [7, 11) is -3.59. The highest BCUT2D eigenvalue weighted by Crippen LogP contribution is 2.16. The fraction of sp³-hybridized carbons (Fsp3) is 0.300. The third kappa shape index (κ3) is 4.40. The minimum atomic E-state index is -3.59. The Morgan fingerprint density at radius 2 is 1.93 bits per heavy atom. The number of rotatable bonds is 8. The Kier molecular flexibility index (Phi) is 6.11. The van der Waals surface area contributed by atoms with E-state index < -0.39 is 10.0 Å². The van der Waals surface area contributed by atoms with E-state index in [1.807, 2.05) is 31.2 Å². The van der Waals surface area contributed by atoms with Gasteiger partial charge < -0.3 is 9.88 Å². The maximum atomic E-state index is 12.4. The summed E-state index contributed by atoms with van der Waals surface area (Å²) in [5, 5.41) is 2.85. The molecule has 7 nitrogen and oxygen atoms in total. The second kappa shape index (κ2) is 8.53. The van der Waals surface area contributed by atoms with Gasteiger partial charge in [0.25, 0.3) is 5.91 Å². The van der Waals surface area contributed by atoms with Crippen molar-refractivity contribution in [2.24, 2.45) is 0 Å². The second-order valence-corrected chi connectivity index (χ2v) is 8.20. The van der Waals surface area contributed by atoms with Crippen LogP contribution in [0.15, 0.2) is 53.4 Å². The predicted octanol–water partition coefficient (Wildman–Crippen LogP) is 2.46. The highest BCUT2D eigenvalue weighted by Gasteiger charge is 2.15. The van der Waals surface area contributed by atoms with E-state index in [9.17, 15) is 13.2 Å². The zero-order chi connectivity index (χ0) is 20.1. The SMILES string of the molecule is CCNS(=O)(=O)c1cccc(C(=O)NCCCn2c(C)nc3ccccc32)c1. The van der Waals surface area contributed by atoms with E-state index in [-0.39, 0.29) is 10.8 Å². The van der Waals surface area contributed by atoms with Gasteiger partial charge in [0.15, 0.2) is 0 Å². The van der Waals surface area contributed by atoms with Crippen molar-refractivity contribution in [1.29, 1.82) is 0 Å². The number of nitrogens with zero attached hydrogens (tertiary/aromatic N) is 2. The molecule has 0 saturated carbocycles. The Hall–Kier alpha value is -2.71. The van der Waals surface area contributed by atoms with E-state index in [4.69, 9.17) is 0 Å². The Morgan fingerprint density at radius 1 is 1.14 bits per heavy atom. The molecule has 2 N–H and O–H groups in total. The van der Waals surface area contributed by atoms with Gasteiger partial charge in [0.05, 0.1) is 15.9 Å². The van der Waals surface area contributed by atoms with E-state index >= 15 is 0 Å². The molecule has 0 fully saturated rings. The van der Waals surface area contributed by atoms with Crippen molar-refractivity contribution in [3.05, 3.63) is 59.9 Å². The quantitative estimate of drug-likeness (QED) is 0.568. The number of amides is 1. The summed E-state index contributed by atoms with van der Waals surface area (Å²) in [6.45, 7) is 5.19. The second-order valence-electron chi connectivity index (χ2n) is 6.44. The topological polar surface area (TPSA) is 93.1 Å². The molecule has 3 aromatic rings. The van der Waals surface area contributed by atoms with Gasteiger partial charge >= 0.3 is 0 Å². The molecule has 0 aliphatic rings. The van der Waals surface area contributed by atoms with Crippen LogP contribution in [0.1, 0.15) is 29.5 Å². The molecule has 1 heterocycles. The molecule has 0 aliphatic heterocycles. The average molecular weight is 401 g/mol. The monoisotopic (exact) mass is 400 g/mol. The fourth-order valence-electron chi connectivity index (χ4n) is 3.10. The standard InChI is InChI=1S/C20H24N4O3S/c1-3-22-28(26,27)17-9-6-8-16(14-17)20(25)21-12-7-13-24-15(2)23-18-10-4-5-11-19(18)24/h4-6,8-11,14,22H,3,7,12-13H2,1-2H3,(H,21,25). The van der Waals surface area contributed by atoms with Crippen molar-refractivity contribution in [3.63, 3.8) is 0 Å². The highest BCUT2D eigenvalue weighted by molar-refractivity contribution is 7.89. The number of benzene rings is 2. The van der Waals surface area contributed by atoms with E-state index in [1.165, 1.54) is 12.1 Å². The van der Waals surface area contributed by atoms with Gasteiger partial charge in [-0.25, -0.2) is 18.1 Å². The molecular formula is C20H24N4O3S. The fourth-order valence-corrected chi connectivity index (χ4v) is 4.18. The molecule has 28 heavy (non-hydrogen) atoms. The minimum absolute atomic E-state index is 0.0857. The molecule has 0 bridgehead atoms. The maximum absolute atomic E-state index is 12.4. The Balaban J connectivity index is 1.60. The lowest BCUT2D eigenvalue weighted by molar-refractivity contribution is 0.0952. The van der Waals surface area contributed by atoms with Crippen LogP contribution in [0.4, 0.5) is 0 Å². The molecule has 0 unspecified atom stereocenters. The van der Waals surface area contributed by atoms with Gasteiger partial charge in [-0.1, -0.05) is 25.1 Å². The number of carbonyl (C=O) groups is 1. The summed E-state index contributed by atoms with van der Waals surface area (Å²) in [5.74, 6) is 0.648. The zero-order valence-corrected chi connectivity index (χ0v) is 16.8. The smallest absolute Gasteiger partial charge is 0.251 e. The highest BCUT2D eigenvalue weighted by atomic mass is 32.2. The minimum Gasteiger partial charge on any atom is -0.352 e. The molecule has 148 valence electrons. The largest absolute Gasteiger partial charge is 0.352 e. The summed E-state index contributed by atoms with van der Waals surface area (Å²) in [6.07, 6.45) is 0.738. The number of imidazole rings is 1. The number of hydrogen-bond acceptors (Lipinski definition) is 4. The van der Waals surface area contributed by atoms with Crippen LogP contribution in [0.3, 0.4) is 0 Å². The van der Waals surface area contributed by atoms with E-state index in [0.717, 1.165) is 29.8 Å². The third-order valence-corrected chi connectivity index (χ3v) is 5.97. The van der Waals surface area contributed by atoms with Crippen LogP contribution in [0, 0.1) is 6.92 Å². The Bertz CT molecular complexity index is 1090. The van der Waals surface area contributed by atoms with Gasteiger partial charge in [0.1, 0.15) is 5.82 Å². The van der Waals surface area contributed by atoms with Crippen LogP contribution < -0.4 is 10.0 Å². The number of carbonyl (C=O) groups excluding carboxylic acids is 1. The molecule has 0 saturated heterocycles. The summed E-state index contributed by atoms with van der Waals surface area (Å²) in [4.78, 5) is 17.0. The molecule has 0 radical (unpaired) electrons. The van der Waals surface area contributed by atoms with Crippen LogP contribution in [0.5, 0.6) is 0 Å². The van der Waals surface area contributed by atoms with Gasteiger partial charge in [-0.2, -0.15) is 0 Å². The van der Waals surface area contributed by atoms with Crippen molar-refractivity contribution < 1.29 is 13.2 Å². The number of hydrogen-bond donors (Lipinski definition) is 2. The molecule has 1 aromatic heterocycles. The van der Waals surface area contributed by atoms with E-state index in [0.29, 0.717) is 18.7 Å². The van der Waals surface area contributed by atoms with Crippen LogP contribution >= 0.6 is 0 Å². The molecule has 2 aromatic carbocycles. The first kappa shape index (κ1) is 20.0. The van der Waals surface area contributed by atoms with Gasteiger partial charge in [0.2, 0.25) is 10.0 Å². The number of para-hydroxylation sites is 2. The molecule has 8 heteroatoms. The number of fused-ring (bicyclic) bond motifs is 1. The maximum Gasteiger partial charge on any atom is 0.251 e. The Morgan fingerprint density at radius 3 is 2.71 bits per heavy atom. The van der Waals surface area contributed by atoms with E-state index in [1.54, 1.807) is 19.1 Å². The van der Waals surface area contributed by atoms with Crippen LogP contribution in [-0.2, 0) is 16.6 Å². The molecule has 0 atom stereocenters. The summed E-state index contributed by atoms with van der Waals surface area (Å²) in [5.41, 5.74) is 2.36. The van der Waals surface area contributed by atoms with Crippen molar-refractivity contribution in [2.45, 2.75) is 31.7 Å². The summed E-state index contributed by atoms with van der Waals surface area (Å²) < 4.78 is 28.7. The summed E-state index contributed by atoms with van der Waals surface area (Å²) >= 11 is 0. The first-order chi connectivity index (χ1) is 13.4. The number of nitrogens with one attached hydrogen (secondary N) is 2. The lowest BCUT2D eigenvalue weighted by Crippen LogP contribution is -2.26. The van der Waals surface area contributed by atoms with Gasteiger partial charge in [-0.15, -0.1) is 0 Å². The Labute approximate surface area is 164 Å². The van der Waals surface area contributed by atoms with Crippen molar-refractivity contribution in [2.75, 3.05) is 13.1 Å². The van der Waals surface area contributed by atoms with Crippen LogP contribution in [0.2, 0.25) is 0 Å². The molecule has 3 rings (SSSR count). The lowest BCUT2D eigenvalue weighted by Gasteiger charge is -2.09. The van der Waals surface area contributed by atoms with Crippen molar-refractivity contribution in [1.82, 2.24) is 19.6 Å². The van der Waals surface area contributed by atoms with E-state index in [2.05, 4.69) is 19.6 Å². The number of sulfonamides is 1. The molecule has 0 aliphatic carbocycles. The molecular weight excluding hydrogens is 376 g/mol. The van der Waals surface area contributed by atoms with Crippen LogP contribution in [0.25, 0.3) is 11.0 Å². The molecule has 1 amide bonds. The van der Waals surface area contributed by atoms with Gasteiger partial charge in [0, 0.05) is 25.2 Å². The average Bonchev–Trinajstić information content (AvgIpc) is 3.00. The summed E-state index contributed by atoms with van der Waals surface area (Å²) in [6, 6.07) is 14.0. The number of aromatic nitrogens is 2. The van der Waals surface area contributed by atoms with Gasteiger partial charge in [-0.3, -0.25) is 4.79 Å². The lowest BCUT2D eigenvalue weighted by atomic mass is 10.2. The zero-order valence-electron chi connectivity index (χ0n) is 16.0. The molecule has 0 spiro atoms.